The lowest BCUT2D eigenvalue weighted by atomic mass is 9.86. The van der Waals surface area contributed by atoms with Crippen LogP contribution in [0.5, 0.6) is 0 Å². The average Bonchev–Trinajstić information content (AvgIpc) is 3.14. The van der Waals surface area contributed by atoms with Crippen molar-refractivity contribution in [2.45, 2.75) is 59.8 Å². The third-order valence-electron chi connectivity index (χ3n) is 4.87. The Morgan fingerprint density at radius 2 is 1.91 bits per heavy atom. The molecule has 178 valence electrons. The van der Waals surface area contributed by atoms with Gasteiger partial charge in [-0.3, -0.25) is 4.68 Å². The maximum absolute atomic E-state index is 12.0. The first-order chi connectivity index (χ1) is 15.6. The number of hydrogen-bond donors (Lipinski definition) is 0. The van der Waals surface area contributed by atoms with Crippen molar-refractivity contribution in [2.75, 3.05) is 18.6 Å². The number of hydrogen-bond acceptors (Lipinski definition) is 7. The summed E-state index contributed by atoms with van der Waals surface area (Å²) in [5.41, 5.74) is 3.61. The molecule has 2 rings (SSSR count). The summed E-state index contributed by atoms with van der Waals surface area (Å²) in [6.07, 6.45) is 0.136. The second kappa shape index (κ2) is 11.8. The fourth-order valence-electron chi connectivity index (χ4n) is 3.17. The summed E-state index contributed by atoms with van der Waals surface area (Å²) in [5, 5.41) is 14.6. The highest BCUT2D eigenvalue weighted by Gasteiger charge is 2.23. The number of allylic oxidation sites excluding steroid dienone is 1. The molecule has 0 fully saturated rings. The van der Waals surface area contributed by atoms with Crippen LogP contribution >= 0.6 is 11.8 Å². The van der Waals surface area contributed by atoms with Gasteiger partial charge in [0, 0.05) is 19.2 Å². The van der Waals surface area contributed by atoms with Gasteiger partial charge in [-0.1, -0.05) is 45.0 Å². The summed E-state index contributed by atoms with van der Waals surface area (Å²) in [4.78, 5) is 12.0. The smallest absolute Gasteiger partial charge is 0.451 e. The molecule has 0 aliphatic heterocycles. The van der Waals surface area contributed by atoms with Crippen LogP contribution in [0, 0.1) is 18.3 Å². The summed E-state index contributed by atoms with van der Waals surface area (Å²) in [6.45, 7) is 12.7. The Morgan fingerprint density at radius 1 is 1.24 bits per heavy atom. The number of thioether (sulfide) groups is 1. The van der Waals surface area contributed by atoms with E-state index in [1.807, 2.05) is 50.4 Å². The average molecular weight is 472 g/mol. The van der Waals surface area contributed by atoms with Crippen LogP contribution in [-0.2, 0) is 26.2 Å². The van der Waals surface area contributed by atoms with Crippen LogP contribution in [-0.4, -0.2) is 40.8 Å². The van der Waals surface area contributed by atoms with Crippen molar-refractivity contribution in [3.63, 3.8) is 0 Å². The van der Waals surface area contributed by atoms with Crippen LogP contribution in [0.1, 0.15) is 57.1 Å². The minimum atomic E-state index is -0.973. The fraction of sp³-hybridized carbons (Fsp3) is 0.480. The lowest BCUT2D eigenvalue weighted by Gasteiger charge is -2.21. The van der Waals surface area contributed by atoms with Crippen molar-refractivity contribution >= 4 is 29.2 Å². The molecule has 8 heteroatoms. The molecule has 7 nitrogen and oxygen atoms in total. The Balaban J connectivity index is 2.46. The van der Waals surface area contributed by atoms with E-state index < -0.39 is 12.4 Å². The van der Waals surface area contributed by atoms with Gasteiger partial charge in [0.15, 0.2) is 5.76 Å². The second-order valence-corrected chi connectivity index (χ2v) is 9.51. The number of rotatable bonds is 9. The van der Waals surface area contributed by atoms with Gasteiger partial charge in [0.1, 0.15) is 23.9 Å². The zero-order valence-electron chi connectivity index (χ0n) is 20.5. The Labute approximate surface area is 200 Å². The van der Waals surface area contributed by atoms with Crippen LogP contribution < -0.4 is 0 Å². The van der Waals surface area contributed by atoms with Crippen molar-refractivity contribution < 1.29 is 19.0 Å². The number of ether oxygens (including phenoxy) is 3. The summed E-state index contributed by atoms with van der Waals surface area (Å²) < 4.78 is 18.1. The molecule has 0 saturated heterocycles. The molecule has 0 radical (unpaired) electrons. The number of carbonyl (C=O) groups is 1. The molecule has 0 bridgehead atoms. The topological polar surface area (TPSA) is 86.4 Å². The first kappa shape index (κ1) is 26.3. The highest BCUT2D eigenvalue weighted by atomic mass is 32.2. The molecule has 1 atom stereocenters. The van der Waals surface area contributed by atoms with Crippen LogP contribution in [0.4, 0.5) is 4.79 Å². The van der Waals surface area contributed by atoms with Crippen molar-refractivity contribution in [1.82, 2.24) is 9.78 Å². The zero-order valence-corrected chi connectivity index (χ0v) is 21.3. The van der Waals surface area contributed by atoms with Crippen LogP contribution in [0.15, 0.2) is 30.3 Å². The Bertz CT molecular complexity index is 1010. The maximum atomic E-state index is 12.0. The zero-order chi connectivity index (χ0) is 24.6. The number of carbonyl (C=O) groups excluding carboxylic acids is 1. The van der Waals surface area contributed by atoms with Crippen LogP contribution in [0.3, 0.4) is 0 Å². The molecule has 0 aliphatic rings. The van der Waals surface area contributed by atoms with Crippen molar-refractivity contribution in [3.05, 3.63) is 52.8 Å². The van der Waals surface area contributed by atoms with Crippen molar-refractivity contribution in [3.8, 4) is 6.07 Å². The SMILES string of the molecule is CCn1nc(C)cc1/C(OC(C)OC(=O)OCCSC)=C(\C#N)c1ccc(C(C)(C)C)cc1. The molecule has 1 heterocycles. The van der Waals surface area contributed by atoms with Gasteiger partial charge in [-0.2, -0.15) is 22.1 Å². The van der Waals surface area contributed by atoms with E-state index in [1.54, 1.807) is 23.4 Å². The Kier molecular flexibility index (Phi) is 9.42. The summed E-state index contributed by atoms with van der Waals surface area (Å²) >= 11 is 1.57. The molecule has 0 amide bonds. The van der Waals surface area contributed by atoms with Crippen molar-refractivity contribution in [1.29, 1.82) is 5.26 Å². The van der Waals surface area contributed by atoms with Gasteiger partial charge < -0.3 is 14.2 Å². The van der Waals surface area contributed by atoms with Gasteiger partial charge in [0.2, 0.25) is 6.29 Å². The van der Waals surface area contributed by atoms with E-state index in [4.69, 9.17) is 14.2 Å². The predicted molar refractivity (Wildman–Crippen MR) is 132 cm³/mol. The number of nitriles is 1. The molecule has 0 aliphatic carbocycles. The number of nitrogens with zero attached hydrogens (tertiary/aromatic N) is 3. The molecule has 0 N–H and O–H groups in total. The standard InChI is InChI=1S/C25H33N3O4S/c1-8-28-22(15-17(2)27-28)23(31-18(3)32-24(29)30-13-14-33-7)21(16-26)19-9-11-20(12-10-19)25(4,5)6/h9-12,15,18H,8,13-14H2,1-7H3/b23-21-. The summed E-state index contributed by atoms with van der Waals surface area (Å²) in [5.74, 6) is 0.973. The first-order valence-corrected chi connectivity index (χ1v) is 12.3. The second-order valence-electron chi connectivity index (χ2n) is 8.52. The maximum Gasteiger partial charge on any atom is 0.511 e. The lowest BCUT2D eigenvalue weighted by Crippen LogP contribution is -2.20. The molecular weight excluding hydrogens is 438 g/mol. The molecule has 33 heavy (non-hydrogen) atoms. The van der Waals surface area contributed by atoms with Gasteiger partial charge >= 0.3 is 6.16 Å². The molecule has 2 aromatic rings. The number of aryl methyl sites for hydroxylation is 2. The van der Waals surface area contributed by atoms with Gasteiger partial charge in [-0.05, 0) is 42.7 Å². The van der Waals surface area contributed by atoms with E-state index in [0.29, 0.717) is 34.9 Å². The third-order valence-corrected chi connectivity index (χ3v) is 5.44. The van der Waals surface area contributed by atoms with E-state index in [1.165, 1.54) is 0 Å². The first-order valence-electron chi connectivity index (χ1n) is 10.9. The third kappa shape index (κ3) is 7.29. The monoisotopic (exact) mass is 471 g/mol. The predicted octanol–water partition coefficient (Wildman–Crippen LogP) is 5.78. The molecule has 1 aromatic carbocycles. The number of benzene rings is 1. The van der Waals surface area contributed by atoms with E-state index in [9.17, 15) is 10.1 Å². The van der Waals surface area contributed by atoms with Gasteiger partial charge in [-0.15, -0.1) is 0 Å². The highest BCUT2D eigenvalue weighted by molar-refractivity contribution is 7.98. The largest absolute Gasteiger partial charge is 0.511 e. The highest BCUT2D eigenvalue weighted by Crippen LogP contribution is 2.31. The van der Waals surface area contributed by atoms with Gasteiger partial charge in [0.05, 0.1) is 5.69 Å². The van der Waals surface area contributed by atoms with E-state index in [-0.39, 0.29) is 12.0 Å². The van der Waals surface area contributed by atoms with Crippen LogP contribution in [0.25, 0.3) is 11.3 Å². The molecule has 0 spiro atoms. The Morgan fingerprint density at radius 3 is 2.45 bits per heavy atom. The molecule has 1 unspecified atom stereocenters. The quantitative estimate of drug-likeness (QED) is 0.151. The summed E-state index contributed by atoms with van der Waals surface area (Å²) in [6, 6.07) is 12.0. The molecule has 1 aromatic heterocycles. The molecular formula is C25H33N3O4S. The van der Waals surface area contributed by atoms with E-state index >= 15 is 0 Å². The fourth-order valence-corrected chi connectivity index (χ4v) is 3.42. The minimum Gasteiger partial charge on any atom is -0.451 e. The number of aromatic nitrogens is 2. The van der Waals surface area contributed by atoms with Gasteiger partial charge in [0.25, 0.3) is 0 Å². The Hall–Kier alpha value is -2.92. The van der Waals surface area contributed by atoms with E-state index in [2.05, 4.69) is 31.9 Å². The lowest BCUT2D eigenvalue weighted by molar-refractivity contribution is -0.0658. The van der Waals surface area contributed by atoms with Gasteiger partial charge in [-0.25, -0.2) is 4.79 Å². The molecule has 0 saturated carbocycles. The minimum absolute atomic E-state index is 0.00861. The van der Waals surface area contributed by atoms with Crippen LogP contribution in [0.2, 0.25) is 0 Å². The normalized spacial score (nSPS) is 13.0. The summed E-state index contributed by atoms with van der Waals surface area (Å²) in [7, 11) is 0. The van der Waals surface area contributed by atoms with Crippen molar-refractivity contribution in [2.24, 2.45) is 0 Å². The van der Waals surface area contributed by atoms with E-state index in [0.717, 1.165) is 11.3 Å².